The molecule has 1 unspecified atom stereocenters. The summed E-state index contributed by atoms with van der Waals surface area (Å²) in [6, 6.07) is 5.98. The van der Waals surface area contributed by atoms with Crippen LogP contribution in [0.2, 0.25) is 0 Å². The molecule has 2 aromatic rings. The van der Waals surface area contributed by atoms with Gasteiger partial charge in [0.25, 0.3) is 0 Å². The first-order valence-corrected chi connectivity index (χ1v) is 9.49. The number of amides is 2. The van der Waals surface area contributed by atoms with Gasteiger partial charge in [0.15, 0.2) is 5.82 Å². The summed E-state index contributed by atoms with van der Waals surface area (Å²) in [4.78, 5) is 27.0. The van der Waals surface area contributed by atoms with Crippen molar-refractivity contribution in [2.75, 3.05) is 11.9 Å². The molecule has 4 rings (SSSR count). The minimum atomic E-state index is -0.294. The number of aryl methyl sites for hydroxylation is 2. The molecule has 2 fully saturated rings. The number of anilines is 1. The Balaban J connectivity index is 1.47. The van der Waals surface area contributed by atoms with Gasteiger partial charge in [0.1, 0.15) is 0 Å². The number of rotatable bonds is 4. The Morgan fingerprint density at radius 3 is 2.70 bits per heavy atom. The molecule has 0 spiro atoms. The highest BCUT2D eigenvalue weighted by Crippen LogP contribution is 2.30. The molecule has 1 atom stereocenters. The van der Waals surface area contributed by atoms with E-state index in [0.29, 0.717) is 30.5 Å². The van der Waals surface area contributed by atoms with Crippen molar-refractivity contribution in [3.63, 3.8) is 0 Å². The number of carbonyl (C=O) groups is 2. The summed E-state index contributed by atoms with van der Waals surface area (Å²) in [5, 5.41) is 14.6. The largest absolute Gasteiger partial charge is 0.339 e. The van der Waals surface area contributed by atoms with E-state index in [1.165, 1.54) is 12.8 Å². The molecule has 8 heteroatoms. The van der Waals surface area contributed by atoms with Gasteiger partial charge < -0.3 is 10.2 Å². The summed E-state index contributed by atoms with van der Waals surface area (Å²) < 4.78 is 1.64. The Labute approximate surface area is 157 Å². The van der Waals surface area contributed by atoms with E-state index >= 15 is 0 Å². The highest BCUT2D eigenvalue weighted by atomic mass is 16.2. The highest BCUT2D eigenvalue weighted by molar-refractivity contribution is 5.97. The molecule has 1 saturated heterocycles. The third kappa shape index (κ3) is 3.43. The normalized spacial score (nSPS) is 20.4. The summed E-state index contributed by atoms with van der Waals surface area (Å²) >= 11 is 0. The molecule has 1 aromatic carbocycles. The van der Waals surface area contributed by atoms with Gasteiger partial charge in [0.2, 0.25) is 11.8 Å². The zero-order valence-corrected chi connectivity index (χ0v) is 15.7. The lowest BCUT2D eigenvalue weighted by Crippen LogP contribution is -2.35. The summed E-state index contributed by atoms with van der Waals surface area (Å²) in [6.45, 7) is 4.32. The molecule has 2 aliphatic rings. The molecule has 2 heterocycles. The number of tetrazole rings is 1. The summed E-state index contributed by atoms with van der Waals surface area (Å²) in [6.07, 6.45) is 4.77. The second kappa shape index (κ2) is 7.09. The van der Waals surface area contributed by atoms with E-state index in [4.69, 9.17) is 0 Å². The van der Waals surface area contributed by atoms with Crippen LogP contribution in [-0.4, -0.2) is 49.5 Å². The fourth-order valence-corrected chi connectivity index (χ4v) is 4.09. The van der Waals surface area contributed by atoms with E-state index < -0.39 is 0 Å². The van der Waals surface area contributed by atoms with Crippen LogP contribution in [0.4, 0.5) is 5.69 Å². The molecular weight excluding hydrogens is 344 g/mol. The molecule has 27 heavy (non-hydrogen) atoms. The van der Waals surface area contributed by atoms with Crippen molar-refractivity contribution in [3.8, 4) is 5.69 Å². The van der Waals surface area contributed by atoms with Crippen molar-refractivity contribution in [2.45, 2.75) is 52.0 Å². The van der Waals surface area contributed by atoms with Gasteiger partial charge in [-0.2, -0.15) is 4.68 Å². The highest BCUT2D eigenvalue weighted by Gasteiger charge is 2.38. The predicted octanol–water partition coefficient (Wildman–Crippen LogP) is 2.01. The number of hydrogen-bond acceptors (Lipinski definition) is 5. The Bertz CT molecular complexity index is 871. The zero-order chi connectivity index (χ0) is 19.0. The van der Waals surface area contributed by atoms with Crippen molar-refractivity contribution in [1.82, 2.24) is 25.1 Å². The van der Waals surface area contributed by atoms with Crippen molar-refractivity contribution >= 4 is 17.5 Å². The maximum Gasteiger partial charge on any atom is 0.229 e. The van der Waals surface area contributed by atoms with Crippen LogP contribution in [0.25, 0.3) is 5.69 Å². The molecule has 142 valence electrons. The second-order valence-corrected chi connectivity index (χ2v) is 7.51. The first-order valence-electron chi connectivity index (χ1n) is 9.49. The van der Waals surface area contributed by atoms with Crippen LogP contribution in [0.3, 0.4) is 0 Å². The number of benzene rings is 1. The van der Waals surface area contributed by atoms with E-state index in [1.54, 1.807) is 4.68 Å². The maximum absolute atomic E-state index is 12.7. The number of nitrogens with one attached hydrogen (secondary N) is 1. The SMILES string of the molecule is Cc1ccc(NC(=O)C2CC(=O)N(C3CCCC3)C2)cc1-n1nnnc1C. The molecule has 8 nitrogen and oxygen atoms in total. The van der Waals surface area contributed by atoms with E-state index in [2.05, 4.69) is 20.8 Å². The number of carbonyl (C=O) groups excluding carboxylic acids is 2. The third-order valence-corrected chi connectivity index (χ3v) is 5.62. The average molecular weight is 368 g/mol. The molecule has 0 bridgehead atoms. The van der Waals surface area contributed by atoms with Crippen LogP contribution < -0.4 is 5.32 Å². The Kier molecular flexibility index (Phi) is 4.63. The van der Waals surface area contributed by atoms with Gasteiger partial charge in [-0.15, -0.1) is 5.10 Å². The van der Waals surface area contributed by atoms with Crippen LogP contribution in [0.15, 0.2) is 18.2 Å². The zero-order valence-electron chi connectivity index (χ0n) is 15.7. The third-order valence-electron chi connectivity index (χ3n) is 5.62. The molecule has 1 aromatic heterocycles. The lowest BCUT2D eigenvalue weighted by atomic mass is 10.1. The molecule has 1 N–H and O–H groups in total. The van der Waals surface area contributed by atoms with Crippen LogP contribution in [0.1, 0.15) is 43.5 Å². The topological polar surface area (TPSA) is 93.0 Å². The second-order valence-electron chi connectivity index (χ2n) is 7.51. The first kappa shape index (κ1) is 17.6. The van der Waals surface area contributed by atoms with Crippen molar-refractivity contribution in [2.24, 2.45) is 5.92 Å². The minimum absolute atomic E-state index is 0.105. The summed E-state index contributed by atoms with van der Waals surface area (Å²) in [7, 11) is 0. The standard InChI is InChI=1S/C19H24N6O2/c1-12-7-8-15(10-17(12)25-13(2)21-22-23-25)20-19(27)14-9-18(26)24(11-14)16-5-3-4-6-16/h7-8,10,14,16H,3-6,9,11H2,1-2H3,(H,20,27). The van der Waals surface area contributed by atoms with Gasteiger partial charge in [-0.3, -0.25) is 9.59 Å². The number of aromatic nitrogens is 4. The van der Waals surface area contributed by atoms with Gasteiger partial charge in [-0.25, -0.2) is 0 Å². The average Bonchev–Trinajstić information content (AvgIpc) is 3.37. The van der Waals surface area contributed by atoms with Gasteiger partial charge >= 0.3 is 0 Å². The van der Waals surface area contributed by atoms with E-state index in [-0.39, 0.29) is 17.7 Å². The Morgan fingerprint density at radius 2 is 2.00 bits per heavy atom. The molecule has 1 aliphatic carbocycles. The molecule has 1 aliphatic heterocycles. The molecular formula is C19H24N6O2. The fourth-order valence-electron chi connectivity index (χ4n) is 4.09. The number of hydrogen-bond donors (Lipinski definition) is 1. The van der Waals surface area contributed by atoms with E-state index in [0.717, 1.165) is 24.1 Å². The smallest absolute Gasteiger partial charge is 0.229 e. The summed E-state index contributed by atoms with van der Waals surface area (Å²) in [5.41, 5.74) is 2.51. The quantitative estimate of drug-likeness (QED) is 0.891. The molecule has 1 saturated carbocycles. The minimum Gasteiger partial charge on any atom is -0.339 e. The maximum atomic E-state index is 12.7. The van der Waals surface area contributed by atoms with E-state index in [9.17, 15) is 9.59 Å². The first-order chi connectivity index (χ1) is 13.0. The van der Waals surface area contributed by atoms with Crippen LogP contribution in [0.5, 0.6) is 0 Å². The molecule has 0 radical (unpaired) electrons. The van der Waals surface area contributed by atoms with Gasteiger partial charge in [0, 0.05) is 24.7 Å². The van der Waals surface area contributed by atoms with E-state index in [1.807, 2.05) is 36.9 Å². The predicted molar refractivity (Wildman–Crippen MR) is 99.3 cm³/mol. The molecule has 2 amide bonds. The lowest BCUT2D eigenvalue weighted by molar-refractivity contribution is -0.129. The van der Waals surface area contributed by atoms with Crippen molar-refractivity contribution in [1.29, 1.82) is 0 Å². The lowest BCUT2D eigenvalue weighted by Gasteiger charge is -2.23. The van der Waals surface area contributed by atoms with Crippen molar-refractivity contribution < 1.29 is 9.59 Å². The van der Waals surface area contributed by atoms with Gasteiger partial charge in [0.05, 0.1) is 11.6 Å². The van der Waals surface area contributed by atoms with Gasteiger partial charge in [-0.05, 0) is 54.8 Å². The van der Waals surface area contributed by atoms with Gasteiger partial charge in [-0.1, -0.05) is 18.9 Å². The van der Waals surface area contributed by atoms with Crippen LogP contribution in [0, 0.1) is 19.8 Å². The number of nitrogens with zero attached hydrogens (tertiary/aromatic N) is 5. The van der Waals surface area contributed by atoms with Crippen LogP contribution >= 0.6 is 0 Å². The number of likely N-dealkylation sites (tertiary alicyclic amines) is 1. The monoisotopic (exact) mass is 368 g/mol. The fraction of sp³-hybridized carbons (Fsp3) is 0.526. The van der Waals surface area contributed by atoms with Crippen LogP contribution in [-0.2, 0) is 9.59 Å². The van der Waals surface area contributed by atoms with Crippen molar-refractivity contribution in [3.05, 3.63) is 29.6 Å². The Hall–Kier alpha value is -2.77. The Morgan fingerprint density at radius 1 is 1.22 bits per heavy atom. The summed E-state index contributed by atoms with van der Waals surface area (Å²) in [5.74, 6) is 0.385.